The van der Waals surface area contributed by atoms with Gasteiger partial charge in [-0.2, -0.15) is 5.26 Å². The second-order valence-electron chi connectivity index (χ2n) is 7.22. The van der Waals surface area contributed by atoms with E-state index in [2.05, 4.69) is 11.9 Å². The largest absolute Gasteiger partial charge is 0.493 e. The van der Waals surface area contributed by atoms with E-state index in [-0.39, 0.29) is 18.0 Å². The molecule has 5 nitrogen and oxygen atoms in total. The van der Waals surface area contributed by atoms with Crippen molar-refractivity contribution in [2.75, 3.05) is 12.4 Å². The Hall–Kier alpha value is -4.08. The number of nitrogens with zero attached hydrogens (tertiary/aromatic N) is 1. The predicted octanol–water partition coefficient (Wildman–Crippen LogP) is 6.34. The summed E-state index contributed by atoms with van der Waals surface area (Å²) < 4.78 is 25.4. The van der Waals surface area contributed by atoms with Crippen molar-refractivity contribution in [1.82, 2.24) is 0 Å². The molecule has 0 aromatic heterocycles. The Kier molecular flexibility index (Phi) is 8.44. The first-order valence-electron chi connectivity index (χ1n) is 10.3. The van der Waals surface area contributed by atoms with Crippen LogP contribution in [0.25, 0.3) is 6.08 Å². The maximum absolute atomic E-state index is 14.0. The van der Waals surface area contributed by atoms with Gasteiger partial charge in [0.15, 0.2) is 11.5 Å². The molecule has 3 aromatic rings. The average Bonchev–Trinajstić information content (AvgIpc) is 2.84. The number of nitriles is 1. The molecule has 0 bridgehead atoms. The van der Waals surface area contributed by atoms with E-state index in [1.165, 1.54) is 19.3 Å². The Morgan fingerprint density at radius 3 is 2.56 bits per heavy atom. The fraction of sp³-hybridized carbons (Fsp3) is 0.111. The number of carbonyl (C=O) groups is 1. The monoisotopic (exact) mass is 476 g/mol. The summed E-state index contributed by atoms with van der Waals surface area (Å²) in [6.45, 7) is 3.78. The van der Waals surface area contributed by atoms with Crippen molar-refractivity contribution in [3.8, 4) is 17.6 Å². The number of halogens is 2. The number of benzene rings is 3. The molecule has 0 saturated heterocycles. The van der Waals surface area contributed by atoms with Crippen LogP contribution in [0.3, 0.4) is 0 Å². The van der Waals surface area contributed by atoms with Crippen LogP contribution in [0.5, 0.6) is 11.5 Å². The number of allylic oxidation sites excluding steroid dienone is 1. The molecule has 1 N–H and O–H groups in total. The van der Waals surface area contributed by atoms with Gasteiger partial charge in [0.25, 0.3) is 5.91 Å². The first kappa shape index (κ1) is 24.6. The maximum atomic E-state index is 14.0. The highest BCUT2D eigenvalue weighted by atomic mass is 35.5. The Bertz CT molecular complexity index is 1260. The number of nitrogens with one attached hydrogen (secondary N) is 1. The third-order valence-electron chi connectivity index (χ3n) is 4.85. The van der Waals surface area contributed by atoms with E-state index in [0.717, 1.165) is 0 Å². The molecule has 172 valence electrons. The number of methoxy groups -OCH3 is 1. The minimum Gasteiger partial charge on any atom is -0.493 e. The van der Waals surface area contributed by atoms with Crippen LogP contribution < -0.4 is 14.8 Å². The highest BCUT2D eigenvalue weighted by Crippen LogP contribution is 2.35. The standard InChI is InChI=1S/C27H22ClFN2O3/c1-3-6-19-13-18(14-21(16-30)27(32)31-23-11-9-22(28)10-12-23)15-25(33-2)26(19)34-17-20-7-4-5-8-24(20)29/h3-5,7-15H,1,6,17H2,2H3,(H,31,32)/b21-14+. The molecular weight excluding hydrogens is 455 g/mol. The lowest BCUT2D eigenvalue weighted by molar-refractivity contribution is -0.112. The number of hydrogen-bond acceptors (Lipinski definition) is 4. The van der Waals surface area contributed by atoms with Crippen LogP contribution in [-0.4, -0.2) is 13.0 Å². The zero-order valence-electron chi connectivity index (χ0n) is 18.5. The molecule has 34 heavy (non-hydrogen) atoms. The molecule has 0 aliphatic rings. The zero-order valence-corrected chi connectivity index (χ0v) is 19.2. The average molecular weight is 477 g/mol. The molecule has 0 aliphatic heterocycles. The van der Waals surface area contributed by atoms with Crippen molar-refractivity contribution in [2.45, 2.75) is 13.0 Å². The van der Waals surface area contributed by atoms with Crippen LogP contribution in [0, 0.1) is 17.1 Å². The lowest BCUT2D eigenvalue weighted by Gasteiger charge is -2.16. The summed E-state index contributed by atoms with van der Waals surface area (Å²) in [4.78, 5) is 12.6. The Labute approximate surface area is 202 Å². The van der Waals surface area contributed by atoms with Gasteiger partial charge in [0.2, 0.25) is 0 Å². The summed E-state index contributed by atoms with van der Waals surface area (Å²) in [5.41, 5.74) is 2.10. The number of hydrogen-bond donors (Lipinski definition) is 1. The van der Waals surface area contributed by atoms with Gasteiger partial charge in [0.1, 0.15) is 24.1 Å². The summed E-state index contributed by atoms with van der Waals surface area (Å²) in [6, 6.07) is 18.3. The summed E-state index contributed by atoms with van der Waals surface area (Å²) >= 11 is 5.87. The van der Waals surface area contributed by atoms with Gasteiger partial charge in [-0.25, -0.2) is 4.39 Å². The smallest absolute Gasteiger partial charge is 0.266 e. The molecule has 3 rings (SSSR count). The van der Waals surface area contributed by atoms with Crippen LogP contribution >= 0.6 is 11.6 Å². The first-order chi connectivity index (χ1) is 16.4. The number of ether oxygens (including phenoxy) is 2. The molecule has 0 fully saturated rings. The molecule has 0 atom stereocenters. The lowest BCUT2D eigenvalue weighted by Crippen LogP contribution is -2.13. The lowest BCUT2D eigenvalue weighted by atomic mass is 10.0. The van der Waals surface area contributed by atoms with Crippen molar-refractivity contribution >= 4 is 29.3 Å². The molecule has 0 heterocycles. The fourth-order valence-electron chi connectivity index (χ4n) is 3.20. The number of anilines is 1. The number of amides is 1. The Morgan fingerprint density at radius 2 is 1.91 bits per heavy atom. The summed E-state index contributed by atoms with van der Waals surface area (Å²) in [5.74, 6) is -0.102. The number of carbonyl (C=O) groups excluding carboxylic acids is 1. The van der Waals surface area contributed by atoms with Crippen LogP contribution in [0.4, 0.5) is 10.1 Å². The molecule has 3 aromatic carbocycles. The maximum Gasteiger partial charge on any atom is 0.266 e. The highest BCUT2D eigenvalue weighted by molar-refractivity contribution is 6.30. The van der Waals surface area contributed by atoms with Crippen molar-refractivity contribution < 1.29 is 18.7 Å². The van der Waals surface area contributed by atoms with Gasteiger partial charge in [0.05, 0.1) is 7.11 Å². The highest BCUT2D eigenvalue weighted by Gasteiger charge is 2.15. The van der Waals surface area contributed by atoms with Crippen LogP contribution in [0.15, 0.2) is 78.9 Å². The van der Waals surface area contributed by atoms with E-state index >= 15 is 0 Å². The predicted molar refractivity (Wildman–Crippen MR) is 131 cm³/mol. The molecule has 1 amide bonds. The van der Waals surface area contributed by atoms with Gasteiger partial charge < -0.3 is 14.8 Å². The van der Waals surface area contributed by atoms with E-state index in [9.17, 15) is 14.4 Å². The molecule has 0 saturated carbocycles. The van der Waals surface area contributed by atoms with Crippen molar-refractivity contribution in [3.05, 3.63) is 106 Å². The van der Waals surface area contributed by atoms with E-state index in [1.54, 1.807) is 60.7 Å². The minimum atomic E-state index is -0.561. The Morgan fingerprint density at radius 1 is 1.18 bits per heavy atom. The van der Waals surface area contributed by atoms with Gasteiger partial charge in [0, 0.05) is 21.8 Å². The van der Waals surface area contributed by atoms with Gasteiger partial charge in [-0.05, 0) is 60.5 Å². The molecule has 0 spiro atoms. The van der Waals surface area contributed by atoms with E-state index in [1.807, 2.05) is 6.07 Å². The van der Waals surface area contributed by atoms with Gasteiger partial charge >= 0.3 is 0 Å². The number of rotatable bonds is 9. The summed E-state index contributed by atoms with van der Waals surface area (Å²) in [5, 5.41) is 12.8. The van der Waals surface area contributed by atoms with Crippen LogP contribution in [0.1, 0.15) is 16.7 Å². The molecular formula is C27H22ClFN2O3. The van der Waals surface area contributed by atoms with Crippen molar-refractivity contribution in [1.29, 1.82) is 5.26 Å². The van der Waals surface area contributed by atoms with Gasteiger partial charge in [-0.1, -0.05) is 35.9 Å². The van der Waals surface area contributed by atoms with Gasteiger partial charge in [-0.15, -0.1) is 6.58 Å². The third kappa shape index (κ3) is 6.25. The second kappa shape index (κ2) is 11.7. The quantitative estimate of drug-likeness (QED) is 0.222. The van der Waals surface area contributed by atoms with Gasteiger partial charge in [-0.3, -0.25) is 4.79 Å². The SMILES string of the molecule is C=CCc1cc(/C=C(\C#N)C(=O)Nc2ccc(Cl)cc2)cc(OC)c1OCc1ccccc1F. The zero-order chi connectivity index (χ0) is 24.5. The van der Waals surface area contributed by atoms with E-state index in [0.29, 0.717) is 45.3 Å². The molecule has 0 unspecified atom stereocenters. The molecule has 7 heteroatoms. The minimum absolute atomic E-state index is 0.00923. The normalized spacial score (nSPS) is 10.8. The van der Waals surface area contributed by atoms with Crippen LogP contribution in [-0.2, 0) is 17.8 Å². The van der Waals surface area contributed by atoms with Crippen molar-refractivity contribution in [2.24, 2.45) is 0 Å². The van der Waals surface area contributed by atoms with Crippen molar-refractivity contribution in [3.63, 3.8) is 0 Å². The summed E-state index contributed by atoms with van der Waals surface area (Å²) in [7, 11) is 1.48. The molecule has 0 radical (unpaired) electrons. The third-order valence-corrected chi connectivity index (χ3v) is 5.10. The Balaban J connectivity index is 1.90. The van der Waals surface area contributed by atoms with Crippen LogP contribution in [0.2, 0.25) is 5.02 Å². The summed E-state index contributed by atoms with van der Waals surface area (Å²) in [6.07, 6.45) is 3.58. The van der Waals surface area contributed by atoms with E-state index < -0.39 is 5.91 Å². The fourth-order valence-corrected chi connectivity index (χ4v) is 3.33. The van der Waals surface area contributed by atoms with E-state index in [4.69, 9.17) is 21.1 Å². The molecule has 0 aliphatic carbocycles. The topological polar surface area (TPSA) is 71.4 Å². The first-order valence-corrected chi connectivity index (χ1v) is 10.7. The second-order valence-corrected chi connectivity index (χ2v) is 7.65.